The van der Waals surface area contributed by atoms with Crippen LogP contribution in [0.15, 0.2) is 44.4 Å². The molecule has 0 aliphatic carbocycles. The molecule has 7 heteroatoms. The Balaban J connectivity index is 2.19. The molecule has 0 bridgehead atoms. The van der Waals surface area contributed by atoms with Gasteiger partial charge in [0.1, 0.15) is 0 Å². The van der Waals surface area contributed by atoms with E-state index < -0.39 is 10.0 Å². The summed E-state index contributed by atoms with van der Waals surface area (Å²) >= 11 is 4.43. The van der Waals surface area contributed by atoms with Gasteiger partial charge in [-0.15, -0.1) is 11.3 Å². The third kappa shape index (κ3) is 3.82. The van der Waals surface area contributed by atoms with Crippen LogP contribution in [-0.2, 0) is 16.6 Å². The molecule has 108 valence electrons. The topological polar surface area (TPSA) is 58.2 Å². The minimum Gasteiger partial charge on any atom is -0.313 e. The average Bonchev–Trinajstić information content (AvgIpc) is 2.83. The van der Waals surface area contributed by atoms with Crippen molar-refractivity contribution < 1.29 is 8.42 Å². The predicted octanol–water partition coefficient (Wildman–Crippen LogP) is 3.42. The Hall–Kier alpha value is -0.890. The molecule has 2 rings (SSSR count). The molecule has 0 unspecified atom stereocenters. The monoisotopic (exact) mass is 374 g/mol. The number of halogens is 1. The van der Waals surface area contributed by atoms with Crippen LogP contribution in [0.1, 0.15) is 12.5 Å². The Morgan fingerprint density at radius 1 is 1.30 bits per heavy atom. The molecular weight excluding hydrogens is 360 g/mol. The van der Waals surface area contributed by atoms with Gasteiger partial charge in [0, 0.05) is 16.7 Å². The minimum atomic E-state index is -3.54. The van der Waals surface area contributed by atoms with E-state index >= 15 is 0 Å². The molecule has 4 nitrogen and oxygen atoms in total. The lowest BCUT2D eigenvalue weighted by atomic mass is 10.2. The smallest absolute Gasteiger partial charge is 0.272 e. The van der Waals surface area contributed by atoms with E-state index in [1.807, 2.05) is 25.1 Å². The normalized spacial score (nSPS) is 11.5. The number of sulfonamides is 1. The van der Waals surface area contributed by atoms with Crippen molar-refractivity contribution in [3.63, 3.8) is 0 Å². The Morgan fingerprint density at radius 2 is 2.10 bits per heavy atom. The second-order valence-electron chi connectivity index (χ2n) is 4.14. The summed E-state index contributed by atoms with van der Waals surface area (Å²) in [6.07, 6.45) is 0. The van der Waals surface area contributed by atoms with Gasteiger partial charge in [-0.2, -0.15) is 0 Å². The SMILES string of the molecule is CCNCc1cccc(NS(=O)(=O)c2sccc2Br)c1. The third-order valence-corrected chi connectivity index (χ3v) is 6.64. The summed E-state index contributed by atoms with van der Waals surface area (Å²) < 4.78 is 28.0. The summed E-state index contributed by atoms with van der Waals surface area (Å²) in [6, 6.07) is 9.10. The van der Waals surface area contributed by atoms with Gasteiger partial charge in [-0.3, -0.25) is 4.72 Å². The molecule has 20 heavy (non-hydrogen) atoms. The van der Waals surface area contributed by atoms with Crippen LogP contribution in [0.5, 0.6) is 0 Å². The molecule has 0 radical (unpaired) electrons. The summed E-state index contributed by atoms with van der Waals surface area (Å²) in [4.78, 5) is 0. The summed E-state index contributed by atoms with van der Waals surface area (Å²) in [5, 5.41) is 4.94. The zero-order valence-electron chi connectivity index (χ0n) is 10.9. The summed E-state index contributed by atoms with van der Waals surface area (Å²) in [5.74, 6) is 0. The third-order valence-electron chi connectivity index (χ3n) is 2.59. The van der Waals surface area contributed by atoms with Crippen molar-refractivity contribution in [3.8, 4) is 0 Å². The number of nitrogens with one attached hydrogen (secondary N) is 2. The van der Waals surface area contributed by atoms with Gasteiger partial charge < -0.3 is 5.32 Å². The Morgan fingerprint density at radius 3 is 2.75 bits per heavy atom. The van der Waals surface area contributed by atoms with Crippen LogP contribution in [0.3, 0.4) is 0 Å². The van der Waals surface area contributed by atoms with Crippen LogP contribution in [0.2, 0.25) is 0 Å². The first-order valence-corrected chi connectivity index (χ1v) is 9.24. The average molecular weight is 375 g/mol. The van der Waals surface area contributed by atoms with Crippen molar-refractivity contribution in [2.24, 2.45) is 0 Å². The first-order chi connectivity index (χ1) is 9.53. The first-order valence-electron chi connectivity index (χ1n) is 6.08. The molecule has 0 fully saturated rings. The number of anilines is 1. The number of benzene rings is 1. The molecule has 0 atom stereocenters. The van der Waals surface area contributed by atoms with Crippen LogP contribution in [0.25, 0.3) is 0 Å². The van der Waals surface area contributed by atoms with E-state index in [4.69, 9.17) is 0 Å². The van der Waals surface area contributed by atoms with Crippen molar-refractivity contribution in [2.75, 3.05) is 11.3 Å². The first kappa shape index (κ1) is 15.5. The lowest BCUT2D eigenvalue weighted by Crippen LogP contribution is -2.14. The van der Waals surface area contributed by atoms with Gasteiger partial charge in [0.05, 0.1) is 0 Å². The fraction of sp³-hybridized carbons (Fsp3) is 0.231. The highest BCUT2D eigenvalue weighted by Gasteiger charge is 2.19. The van der Waals surface area contributed by atoms with Gasteiger partial charge >= 0.3 is 0 Å². The molecule has 0 amide bonds. The lowest BCUT2D eigenvalue weighted by molar-refractivity contribution is 0.603. The van der Waals surface area contributed by atoms with E-state index in [0.29, 0.717) is 10.2 Å². The van der Waals surface area contributed by atoms with Crippen LogP contribution in [0, 0.1) is 0 Å². The molecule has 0 saturated carbocycles. The van der Waals surface area contributed by atoms with Crippen LogP contribution >= 0.6 is 27.3 Å². The van der Waals surface area contributed by atoms with E-state index in [9.17, 15) is 8.42 Å². The van der Waals surface area contributed by atoms with E-state index in [1.54, 1.807) is 17.5 Å². The van der Waals surface area contributed by atoms with Gasteiger partial charge in [-0.1, -0.05) is 19.1 Å². The van der Waals surface area contributed by atoms with Crippen LogP contribution < -0.4 is 10.0 Å². The quantitative estimate of drug-likeness (QED) is 0.814. The molecular formula is C13H15BrN2O2S2. The number of hydrogen-bond donors (Lipinski definition) is 2. The minimum absolute atomic E-state index is 0.287. The molecule has 0 aliphatic heterocycles. The standard InChI is InChI=1S/C13H15BrN2O2S2/c1-2-15-9-10-4-3-5-11(8-10)16-20(17,18)13-12(14)6-7-19-13/h3-8,15-16H,2,9H2,1H3. The fourth-order valence-corrected chi connectivity index (χ4v) is 5.08. The summed E-state index contributed by atoms with van der Waals surface area (Å²) in [5.41, 5.74) is 1.61. The van der Waals surface area contributed by atoms with Gasteiger partial charge in [0.15, 0.2) is 4.21 Å². The maximum absolute atomic E-state index is 12.3. The highest BCUT2D eigenvalue weighted by molar-refractivity contribution is 9.10. The highest BCUT2D eigenvalue weighted by atomic mass is 79.9. The summed E-state index contributed by atoms with van der Waals surface area (Å²) in [7, 11) is -3.54. The second-order valence-corrected chi connectivity index (χ2v) is 7.79. The van der Waals surface area contributed by atoms with E-state index in [0.717, 1.165) is 18.7 Å². The molecule has 1 heterocycles. The largest absolute Gasteiger partial charge is 0.313 e. The number of thiophene rings is 1. The zero-order valence-corrected chi connectivity index (χ0v) is 14.1. The van der Waals surface area contributed by atoms with Crippen LogP contribution in [0.4, 0.5) is 5.69 Å². The maximum Gasteiger partial charge on any atom is 0.272 e. The van der Waals surface area contributed by atoms with Gasteiger partial charge in [0.25, 0.3) is 10.0 Å². The Bertz CT molecular complexity index is 683. The Labute approximate surface area is 131 Å². The second kappa shape index (κ2) is 6.71. The van der Waals surface area contributed by atoms with Crippen molar-refractivity contribution in [3.05, 3.63) is 45.7 Å². The molecule has 0 saturated heterocycles. The highest BCUT2D eigenvalue weighted by Crippen LogP contribution is 2.29. The van der Waals surface area contributed by atoms with Crippen molar-refractivity contribution in [1.82, 2.24) is 5.32 Å². The fourth-order valence-electron chi connectivity index (χ4n) is 1.69. The molecule has 0 spiro atoms. The molecule has 2 aromatic rings. The van der Waals surface area contributed by atoms with E-state index in [1.165, 1.54) is 11.3 Å². The maximum atomic E-state index is 12.3. The van der Waals surface area contributed by atoms with E-state index in [2.05, 4.69) is 26.0 Å². The number of rotatable bonds is 6. The lowest BCUT2D eigenvalue weighted by Gasteiger charge is -2.09. The Kier molecular flexibility index (Phi) is 5.20. The predicted molar refractivity (Wildman–Crippen MR) is 86.7 cm³/mol. The van der Waals surface area contributed by atoms with Crippen LogP contribution in [-0.4, -0.2) is 15.0 Å². The van der Waals surface area contributed by atoms with Crippen molar-refractivity contribution in [2.45, 2.75) is 17.7 Å². The van der Waals surface area contributed by atoms with Gasteiger partial charge in [-0.05, 0) is 51.6 Å². The van der Waals surface area contributed by atoms with Gasteiger partial charge in [0.2, 0.25) is 0 Å². The molecule has 2 N–H and O–H groups in total. The van der Waals surface area contributed by atoms with Crippen molar-refractivity contribution in [1.29, 1.82) is 0 Å². The molecule has 1 aromatic carbocycles. The zero-order chi connectivity index (χ0) is 14.6. The van der Waals surface area contributed by atoms with E-state index in [-0.39, 0.29) is 4.21 Å². The van der Waals surface area contributed by atoms with Gasteiger partial charge in [-0.25, -0.2) is 8.42 Å². The van der Waals surface area contributed by atoms with Crippen molar-refractivity contribution >= 4 is 43.0 Å². The molecule has 1 aromatic heterocycles. The number of hydrogen-bond acceptors (Lipinski definition) is 4. The summed E-state index contributed by atoms with van der Waals surface area (Å²) in [6.45, 7) is 3.62. The molecule has 0 aliphatic rings.